The third kappa shape index (κ3) is 2.80. The molecular formula is C16H16F2N6. The van der Waals surface area contributed by atoms with Crippen molar-refractivity contribution in [3.05, 3.63) is 42.4 Å². The summed E-state index contributed by atoms with van der Waals surface area (Å²) in [7, 11) is 0. The van der Waals surface area contributed by atoms with E-state index < -0.39 is 11.6 Å². The fourth-order valence-electron chi connectivity index (χ4n) is 3.04. The second-order valence-corrected chi connectivity index (χ2v) is 5.81. The lowest BCUT2D eigenvalue weighted by Crippen LogP contribution is -2.29. The van der Waals surface area contributed by atoms with Crippen LogP contribution in [0.5, 0.6) is 0 Å². The van der Waals surface area contributed by atoms with Crippen molar-refractivity contribution in [3.8, 4) is 0 Å². The molecule has 6 nitrogen and oxygen atoms in total. The molecule has 2 N–H and O–H groups in total. The minimum atomic E-state index is -0.645. The summed E-state index contributed by atoms with van der Waals surface area (Å²) < 4.78 is 28.6. The summed E-state index contributed by atoms with van der Waals surface area (Å²) in [6.45, 7) is 1.90. The summed E-state index contributed by atoms with van der Waals surface area (Å²) in [6.07, 6.45) is 5.09. The average Bonchev–Trinajstić information content (AvgIpc) is 3.00. The predicted molar refractivity (Wildman–Crippen MR) is 86.1 cm³/mol. The molecular weight excluding hydrogens is 314 g/mol. The Kier molecular flexibility index (Phi) is 3.81. The van der Waals surface area contributed by atoms with Gasteiger partial charge in [-0.05, 0) is 38.1 Å². The van der Waals surface area contributed by atoms with Gasteiger partial charge in [-0.3, -0.25) is 0 Å². The number of nitrogens with one attached hydrogen (secondary N) is 2. The van der Waals surface area contributed by atoms with Gasteiger partial charge in [-0.2, -0.15) is 5.10 Å². The minimum absolute atomic E-state index is 0.290. The van der Waals surface area contributed by atoms with Gasteiger partial charge in [-0.1, -0.05) is 0 Å². The van der Waals surface area contributed by atoms with Gasteiger partial charge in [0.25, 0.3) is 0 Å². The van der Waals surface area contributed by atoms with Gasteiger partial charge in [-0.15, -0.1) is 0 Å². The van der Waals surface area contributed by atoms with E-state index in [0.29, 0.717) is 11.5 Å². The summed E-state index contributed by atoms with van der Waals surface area (Å²) in [4.78, 5) is 8.52. The number of halogens is 2. The first kappa shape index (κ1) is 14.9. The van der Waals surface area contributed by atoms with Gasteiger partial charge in [0.1, 0.15) is 23.8 Å². The zero-order valence-electron chi connectivity index (χ0n) is 12.8. The molecule has 0 bridgehead atoms. The van der Waals surface area contributed by atoms with Crippen LogP contribution < -0.4 is 10.6 Å². The predicted octanol–water partition coefficient (Wildman–Crippen LogP) is 2.77. The van der Waals surface area contributed by atoms with Gasteiger partial charge in [-0.25, -0.2) is 23.4 Å². The lowest BCUT2D eigenvalue weighted by molar-refractivity contribution is 0.349. The number of hydrogen-bond acceptors (Lipinski definition) is 5. The molecule has 3 heterocycles. The molecule has 0 aliphatic carbocycles. The first-order valence-corrected chi connectivity index (χ1v) is 7.83. The van der Waals surface area contributed by atoms with Crippen LogP contribution in [0, 0.1) is 11.6 Å². The Morgan fingerprint density at radius 1 is 1.08 bits per heavy atom. The summed E-state index contributed by atoms with van der Waals surface area (Å²) in [5.74, 6) is -0.813. The Morgan fingerprint density at radius 3 is 2.58 bits per heavy atom. The van der Waals surface area contributed by atoms with Crippen LogP contribution in [0.25, 0.3) is 11.0 Å². The highest BCUT2D eigenvalue weighted by molar-refractivity contribution is 5.88. The molecule has 2 aromatic heterocycles. The highest BCUT2D eigenvalue weighted by Crippen LogP contribution is 2.27. The number of rotatable bonds is 3. The third-order valence-corrected chi connectivity index (χ3v) is 4.17. The summed E-state index contributed by atoms with van der Waals surface area (Å²) in [5.41, 5.74) is 1.01. The van der Waals surface area contributed by atoms with Crippen LogP contribution in [-0.4, -0.2) is 32.8 Å². The van der Waals surface area contributed by atoms with Crippen molar-refractivity contribution in [1.29, 1.82) is 0 Å². The summed E-state index contributed by atoms with van der Waals surface area (Å²) in [6, 6.07) is 3.55. The highest BCUT2D eigenvalue weighted by Gasteiger charge is 2.19. The molecule has 1 aliphatic heterocycles. The normalized spacial score (nSPS) is 15.8. The first-order chi connectivity index (χ1) is 11.7. The van der Waals surface area contributed by atoms with Crippen LogP contribution in [0.2, 0.25) is 0 Å². The van der Waals surface area contributed by atoms with Crippen LogP contribution in [-0.2, 0) is 0 Å². The van der Waals surface area contributed by atoms with Crippen molar-refractivity contribution in [1.82, 2.24) is 25.1 Å². The van der Waals surface area contributed by atoms with Crippen LogP contribution in [0.3, 0.4) is 0 Å². The zero-order chi connectivity index (χ0) is 16.5. The Labute approximate surface area is 136 Å². The lowest BCUT2D eigenvalue weighted by atomic mass is 10.1. The van der Waals surface area contributed by atoms with Crippen molar-refractivity contribution >= 4 is 22.5 Å². The van der Waals surface area contributed by atoms with Gasteiger partial charge >= 0.3 is 0 Å². The molecule has 0 amide bonds. The number of nitrogens with zero attached hydrogens (tertiary/aromatic N) is 4. The molecule has 1 aromatic carbocycles. The summed E-state index contributed by atoms with van der Waals surface area (Å²) in [5, 5.41) is 11.4. The van der Waals surface area contributed by atoms with E-state index in [9.17, 15) is 8.78 Å². The topological polar surface area (TPSA) is 67.7 Å². The van der Waals surface area contributed by atoms with E-state index >= 15 is 0 Å². The Balaban J connectivity index is 1.70. The number of piperidine rings is 1. The number of hydrogen-bond donors (Lipinski definition) is 2. The van der Waals surface area contributed by atoms with Gasteiger partial charge < -0.3 is 10.6 Å². The third-order valence-electron chi connectivity index (χ3n) is 4.17. The Hall–Kier alpha value is -2.61. The van der Waals surface area contributed by atoms with Crippen molar-refractivity contribution in [2.75, 3.05) is 18.4 Å². The van der Waals surface area contributed by atoms with Crippen molar-refractivity contribution in [2.24, 2.45) is 0 Å². The van der Waals surface area contributed by atoms with E-state index in [4.69, 9.17) is 0 Å². The van der Waals surface area contributed by atoms with Crippen molar-refractivity contribution < 1.29 is 8.78 Å². The molecule has 0 spiro atoms. The molecule has 1 aliphatic rings. The van der Waals surface area contributed by atoms with E-state index in [1.54, 1.807) is 6.20 Å². The number of benzene rings is 1. The maximum Gasteiger partial charge on any atom is 0.163 e. The van der Waals surface area contributed by atoms with Crippen LogP contribution >= 0.6 is 0 Å². The molecule has 24 heavy (non-hydrogen) atoms. The Bertz CT molecular complexity index is 852. The maximum absolute atomic E-state index is 13.4. The highest BCUT2D eigenvalue weighted by atomic mass is 19.1. The van der Waals surface area contributed by atoms with E-state index in [2.05, 4.69) is 25.7 Å². The monoisotopic (exact) mass is 330 g/mol. The molecule has 0 unspecified atom stereocenters. The smallest absolute Gasteiger partial charge is 0.163 e. The molecule has 0 saturated carbocycles. The first-order valence-electron chi connectivity index (χ1n) is 7.83. The molecule has 8 heteroatoms. The fraction of sp³-hybridized carbons (Fsp3) is 0.312. The van der Waals surface area contributed by atoms with Crippen molar-refractivity contribution in [2.45, 2.75) is 18.9 Å². The molecule has 3 aromatic rings. The molecule has 1 saturated heterocycles. The molecule has 4 rings (SSSR count). The quantitative estimate of drug-likeness (QED) is 0.773. The van der Waals surface area contributed by atoms with E-state index in [1.807, 2.05) is 4.68 Å². The van der Waals surface area contributed by atoms with Gasteiger partial charge in [0.05, 0.1) is 17.6 Å². The number of aromatic nitrogens is 4. The second-order valence-electron chi connectivity index (χ2n) is 5.81. The SMILES string of the molecule is Fc1cc(F)cc(Nc2ncnc3c2cnn3C2CCNCC2)c1. The van der Waals surface area contributed by atoms with Gasteiger partial charge in [0, 0.05) is 11.8 Å². The van der Waals surface area contributed by atoms with E-state index in [0.717, 1.165) is 43.0 Å². The zero-order valence-corrected chi connectivity index (χ0v) is 12.8. The minimum Gasteiger partial charge on any atom is -0.339 e. The fourth-order valence-corrected chi connectivity index (χ4v) is 3.04. The van der Waals surface area contributed by atoms with Crippen LogP contribution in [0.15, 0.2) is 30.7 Å². The number of anilines is 2. The van der Waals surface area contributed by atoms with Crippen LogP contribution in [0.1, 0.15) is 18.9 Å². The van der Waals surface area contributed by atoms with Gasteiger partial charge in [0.2, 0.25) is 0 Å². The summed E-state index contributed by atoms with van der Waals surface area (Å²) >= 11 is 0. The molecule has 0 radical (unpaired) electrons. The molecule has 1 fully saturated rings. The van der Waals surface area contributed by atoms with E-state index in [-0.39, 0.29) is 6.04 Å². The molecule has 124 valence electrons. The van der Waals surface area contributed by atoms with E-state index in [1.165, 1.54) is 18.5 Å². The Morgan fingerprint density at radius 2 is 1.83 bits per heavy atom. The largest absolute Gasteiger partial charge is 0.339 e. The van der Waals surface area contributed by atoms with Gasteiger partial charge in [0.15, 0.2) is 5.65 Å². The van der Waals surface area contributed by atoms with Crippen LogP contribution in [0.4, 0.5) is 20.3 Å². The maximum atomic E-state index is 13.4. The lowest BCUT2D eigenvalue weighted by Gasteiger charge is -2.23. The second kappa shape index (κ2) is 6.12. The average molecular weight is 330 g/mol. The van der Waals surface area contributed by atoms with Crippen molar-refractivity contribution in [3.63, 3.8) is 0 Å². The molecule has 0 atom stereocenters. The number of fused-ring (bicyclic) bond motifs is 1. The standard InChI is InChI=1S/C16H16F2N6/c17-10-5-11(18)7-12(6-10)23-15-14-8-22-24(16(14)21-9-20-15)13-1-3-19-4-2-13/h5-9,13,19H,1-4H2,(H,20,21,23).